The molecule has 1 aliphatic rings. The largest absolute Gasteiger partial charge is 0.481 e. The molecule has 7 nitrogen and oxygen atoms in total. The Balaban J connectivity index is 2.25. The van der Waals surface area contributed by atoms with Crippen LogP contribution in [0.3, 0.4) is 0 Å². The molecule has 20 heavy (non-hydrogen) atoms. The molecule has 0 saturated heterocycles. The number of nitrogens with two attached hydrogens (primary N) is 1. The minimum Gasteiger partial charge on any atom is -0.481 e. The van der Waals surface area contributed by atoms with Crippen molar-refractivity contribution in [3.05, 3.63) is 29.8 Å². The number of nitrogens with one attached hydrogen (secondary N) is 1. The highest BCUT2D eigenvalue weighted by Gasteiger charge is 2.32. The van der Waals surface area contributed by atoms with Gasteiger partial charge in [0.2, 0.25) is 5.91 Å². The quantitative estimate of drug-likeness (QED) is 0.735. The minimum absolute atomic E-state index is 0.250. The number of hydrogen-bond donors (Lipinski definition) is 3. The summed E-state index contributed by atoms with van der Waals surface area (Å²) in [5, 5.41) is 11.6. The van der Waals surface area contributed by atoms with Gasteiger partial charge in [0.05, 0.1) is 12.5 Å². The number of rotatable bonds is 3. The molecule has 106 valence electrons. The van der Waals surface area contributed by atoms with E-state index in [0.717, 1.165) is 0 Å². The molecule has 1 atom stereocenters. The van der Waals surface area contributed by atoms with Gasteiger partial charge in [0, 0.05) is 12.2 Å². The third-order valence-electron chi connectivity index (χ3n) is 3.20. The molecule has 0 fully saturated rings. The molecule has 1 aromatic rings. The number of para-hydroxylation sites is 1. The van der Waals surface area contributed by atoms with Crippen molar-refractivity contribution < 1.29 is 19.5 Å². The molecule has 0 spiro atoms. The van der Waals surface area contributed by atoms with Crippen LogP contribution in [0.5, 0.6) is 0 Å². The first-order valence-corrected chi connectivity index (χ1v) is 6.16. The Morgan fingerprint density at radius 1 is 1.35 bits per heavy atom. The Bertz CT molecular complexity index is 558. The van der Waals surface area contributed by atoms with E-state index < -0.39 is 23.8 Å². The Morgan fingerprint density at radius 3 is 2.70 bits per heavy atom. The summed E-state index contributed by atoms with van der Waals surface area (Å²) < 4.78 is 0. The summed E-state index contributed by atoms with van der Waals surface area (Å²) in [5.41, 5.74) is 6.12. The van der Waals surface area contributed by atoms with Gasteiger partial charge in [-0.2, -0.15) is 0 Å². The second-order valence-electron chi connectivity index (χ2n) is 4.51. The van der Waals surface area contributed by atoms with E-state index in [0.29, 0.717) is 17.7 Å². The number of urea groups is 1. The van der Waals surface area contributed by atoms with Gasteiger partial charge in [0.25, 0.3) is 0 Å². The van der Waals surface area contributed by atoms with Crippen LogP contribution in [0.2, 0.25) is 0 Å². The second kappa shape index (κ2) is 5.60. The summed E-state index contributed by atoms with van der Waals surface area (Å²) >= 11 is 0. The zero-order chi connectivity index (χ0) is 14.7. The molecule has 0 aliphatic carbocycles. The third kappa shape index (κ3) is 2.71. The van der Waals surface area contributed by atoms with Crippen molar-refractivity contribution in [1.82, 2.24) is 5.32 Å². The lowest BCUT2D eigenvalue weighted by Gasteiger charge is -2.32. The van der Waals surface area contributed by atoms with E-state index >= 15 is 0 Å². The number of hydrogen-bond acceptors (Lipinski definition) is 3. The monoisotopic (exact) mass is 277 g/mol. The van der Waals surface area contributed by atoms with Crippen LogP contribution in [0.1, 0.15) is 17.9 Å². The number of anilines is 1. The highest BCUT2D eigenvalue weighted by atomic mass is 16.4. The average molecular weight is 277 g/mol. The van der Waals surface area contributed by atoms with E-state index in [1.54, 1.807) is 24.3 Å². The lowest BCUT2D eigenvalue weighted by atomic mass is 9.90. The predicted molar refractivity (Wildman–Crippen MR) is 71.4 cm³/mol. The maximum atomic E-state index is 12.0. The van der Waals surface area contributed by atoms with Gasteiger partial charge in [-0.15, -0.1) is 0 Å². The number of aliphatic carboxylic acids is 1. The zero-order valence-electron chi connectivity index (χ0n) is 10.7. The van der Waals surface area contributed by atoms with E-state index in [9.17, 15) is 19.5 Å². The van der Waals surface area contributed by atoms with E-state index in [1.807, 2.05) is 0 Å². The molecular weight excluding hydrogens is 262 g/mol. The molecule has 1 heterocycles. The summed E-state index contributed by atoms with van der Waals surface area (Å²) in [6.07, 6.45) is 0.330. The number of amides is 3. The first-order chi connectivity index (χ1) is 9.50. The number of primary amides is 1. The average Bonchev–Trinajstić information content (AvgIpc) is 2.43. The van der Waals surface area contributed by atoms with Crippen LogP contribution >= 0.6 is 0 Å². The van der Waals surface area contributed by atoms with E-state index in [2.05, 4.69) is 5.32 Å². The minimum atomic E-state index is -0.908. The van der Waals surface area contributed by atoms with Gasteiger partial charge < -0.3 is 16.2 Å². The van der Waals surface area contributed by atoms with Crippen molar-refractivity contribution in [2.24, 2.45) is 5.73 Å². The molecule has 3 amide bonds. The van der Waals surface area contributed by atoms with E-state index in [-0.39, 0.29) is 13.1 Å². The molecule has 4 N–H and O–H groups in total. The Hall–Kier alpha value is -2.57. The molecule has 0 radical (unpaired) electrons. The van der Waals surface area contributed by atoms with E-state index in [1.165, 1.54) is 4.90 Å². The van der Waals surface area contributed by atoms with Crippen molar-refractivity contribution in [2.75, 3.05) is 18.0 Å². The standard InChI is InChI=1S/C13H15N3O4/c14-11(17)7-15-13(20)16-6-5-9(12(18)19)8-3-1-2-4-10(8)16/h1-4,9H,5-7H2,(H2,14,17)(H,15,20)(H,18,19). The van der Waals surface area contributed by atoms with Crippen LogP contribution in [-0.2, 0) is 9.59 Å². The molecule has 1 aliphatic heterocycles. The van der Waals surface area contributed by atoms with Crippen LogP contribution in [-0.4, -0.2) is 36.1 Å². The SMILES string of the molecule is NC(=O)CNC(=O)N1CCC(C(=O)O)c2ccccc21. The number of carbonyl (C=O) groups is 3. The fourth-order valence-corrected chi connectivity index (χ4v) is 2.29. The topological polar surface area (TPSA) is 113 Å². The van der Waals surface area contributed by atoms with Crippen LogP contribution < -0.4 is 16.0 Å². The molecule has 7 heteroatoms. The first-order valence-electron chi connectivity index (χ1n) is 6.16. The van der Waals surface area contributed by atoms with Gasteiger partial charge in [-0.3, -0.25) is 14.5 Å². The van der Waals surface area contributed by atoms with E-state index in [4.69, 9.17) is 5.73 Å². The van der Waals surface area contributed by atoms with Crippen LogP contribution in [0.25, 0.3) is 0 Å². The number of carboxylic acid groups (broad SMARTS) is 1. The van der Waals surface area contributed by atoms with Gasteiger partial charge in [-0.25, -0.2) is 4.79 Å². The maximum Gasteiger partial charge on any atom is 0.322 e. The fourth-order valence-electron chi connectivity index (χ4n) is 2.29. The van der Waals surface area contributed by atoms with Crippen molar-refractivity contribution in [3.8, 4) is 0 Å². The fraction of sp³-hybridized carbons (Fsp3) is 0.308. The normalized spacial score (nSPS) is 17.2. The summed E-state index contributed by atoms with van der Waals surface area (Å²) in [5.74, 6) is -2.16. The van der Waals surface area contributed by atoms with Crippen LogP contribution in [0.4, 0.5) is 10.5 Å². The summed E-state index contributed by atoms with van der Waals surface area (Å²) in [6, 6.07) is 6.40. The van der Waals surface area contributed by atoms with Gasteiger partial charge >= 0.3 is 12.0 Å². The molecular formula is C13H15N3O4. The second-order valence-corrected chi connectivity index (χ2v) is 4.51. The van der Waals surface area contributed by atoms with Crippen molar-refractivity contribution in [2.45, 2.75) is 12.3 Å². The Labute approximate surface area is 115 Å². The highest BCUT2D eigenvalue weighted by molar-refractivity contribution is 5.96. The number of nitrogens with zero attached hydrogens (tertiary/aromatic N) is 1. The molecule has 0 bridgehead atoms. The zero-order valence-corrected chi connectivity index (χ0v) is 10.7. The maximum absolute atomic E-state index is 12.0. The van der Waals surface area contributed by atoms with Crippen LogP contribution in [0, 0.1) is 0 Å². The predicted octanol–water partition coefficient (Wildman–Crippen LogP) is 0.260. The number of carboxylic acids is 1. The smallest absolute Gasteiger partial charge is 0.322 e. The molecule has 2 rings (SSSR count). The summed E-state index contributed by atoms with van der Waals surface area (Å²) in [7, 11) is 0. The Kier molecular flexibility index (Phi) is 3.88. The molecule has 1 aromatic carbocycles. The van der Waals surface area contributed by atoms with Crippen molar-refractivity contribution in [1.29, 1.82) is 0 Å². The number of fused-ring (bicyclic) bond motifs is 1. The summed E-state index contributed by atoms with van der Waals surface area (Å²) in [4.78, 5) is 35.3. The van der Waals surface area contributed by atoms with Gasteiger partial charge in [0.15, 0.2) is 0 Å². The number of carbonyl (C=O) groups excluding carboxylic acids is 2. The Morgan fingerprint density at radius 2 is 2.05 bits per heavy atom. The van der Waals surface area contributed by atoms with Gasteiger partial charge in [-0.1, -0.05) is 18.2 Å². The van der Waals surface area contributed by atoms with Crippen molar-refractivity contribution in [3.63, 3.8) is 0 Å². The third-order valence-corrected chi connectivity index (χ3v) is 3.20. The van der Waals surface area contributed by atoms with Gasteiger partial charge in [-0.05, 0) is 18.1 Å². The van der Waals surface area contributed by atoms with Crippen molar-refractivity contribution >= 4 is 23.6 Å². The molecule has 0 saturated carbocycles. The summed E-state index contributed by atoms with van der Waals surface area (Å²) in [6.45, 7) is 0.0262. The number of benzene rings is 1. The first kappa shape index (κ1) is 13.9. The van der Waals surface area contributed by atoms with Gasteiger partial charge in [0.1, 0.15) is 0 Å². The molecule has 1 unspecified atom stereocenters. The van der Waals surface area contributed by atoms with Crippen LogP contribution in [0.15, 0.2) is 24.3 Å². The lowest BCUT2D eigenvalue weighted by Crippen LogP contribution is -2.46. The highest BCUT2D eigenvalue weighted by Crippen LogP contribution is 2.35. The molecule has 0 aromatic heterocycles. The lowest BCUT2D eigenvalue weighted by molar-refractivity contribution is -0.139.